The van der Waals surface area contributed by atoms with Gasteiger partial charge in [0.25, 0.3) is 0 Å². The van der Waals surface area contributed by atoms with E-state index in [1.807, 2.05) is 35.1 Å². The average molecular weight is 428 g/mol. The normalized spacial score (nSPS) is 19.0. The maximum atomic E-state index is 6.59. The molecule has 0 fully saturated rings. The zero-order chi connectivity index (χ0) is 20.9. The van der Waals surface area contributed by atoms with Crippen molar-refractivity contribution in [3.8, 4) is 5.75 Å². The Morgan fingerprint density at radius 2 is 1.94 bits per heavy atom. The molecule has 6 nitrogen and oxygen atoms in total. The van der Waals surface area contributed by atoms with Crippen LogP contribution in [-0.2, 0) is 0 Å². The third-order valence-electron chi connectivity index (χ3n) is 5.76. The molecule has 6 rings (SSSR count). The van der Waals surface area contributed by atoms with Crippen molar-refractivity contribution in [2.24, 2.45) is 0 Å². The molecule has 2 aromatic heterocycles. The molecule has 0 radical (unpaired) electrons. The first-order chi connectivity index (χ1) is 15.2. The number of aryl methyl sites for hydroxylation is 1. The Labute approximate surface area is 184 Å². The first-order valence-electron chi connectivity index (χ1n) is 10.0. The number of nitrogens with zero attached hydrogens (tertiary/aromatic N) is 4. The van der Waals surface area contributed by atoms with Crippen molar-refractivity contribution in [3.05, 3.63) is 106 Å². The van der Waals surface area contributed by atoms with Crippen LogP contribution in [0.15, 0.2) is 78.9 Å². The molecule has 4 heterocycles. The van der Waals surface area contributed by atoms with Gasteiger partial charge in [-0.25, -0.2) is 4.68 Å². The van der Waals surface area contributed by atoms with Crippen molar-refractivity contribution in [1.29, 1.82) is 0 Å². The SMILES string of the molecule is Cc1ccc([C@H]2Oc3ccc(Cl)cc3C3=C2[C@H](c2cccnc2)n2ncnc2N3)cc1. The summed E-state index contributed by atoms with van der Waals surface area (Å²) in [5, 5.41) is 8.65. The molecule has 2 aliphatic heterocycles. The Hall–Kier alpha value is -3.64. The van der Waals surface area contributed by atoms with Gasteiger partial charge < -0.3 is 10.1 Å². The van der Waals surface area contributed by atoms with Gasteiger partial charge in [0.15, 0.2) is 0 Å². The molecule has 2 atom stereocenters. The fraction of sp³-hybridized carbons (Fsp3) is 0.125. The van der Waals surface area contributed by atoms with E-state index in [1.54, 1.807) is 12.5 Å². The summed E-state index contributed by atoms with van der Waals surface area (Å²) in [7, 11) is 0. The van der Waals surface area contributed by atoms with Gasteiger partial charge in [0.05, 0.1) is 5.70 Å². The van der Waals surface area contributed by atoms with Crippen LogP contribution in [0.1, 0.15) is 34.4 Å². The fourth-order valence-corrected chi connectivity index (χ4v) is 4.49. The van der Waals surface area contributed by atoms with Gasteiger partial charge >= 0.3 is 0 Å². The van der Waals surface area contributed by atoms with Crippen LogP contribution in [-0.4, -0.2) is 19.7 Å². The summed E-state index contributed by atoms with van der Waals surface area (Å²) in [6, 6.07) is 17.9. The number of halogens is 1. The monoisotopic (exact) mass is 427 g/mol. The van der Waals surface area contributed by atoms with Crippen molar-refractivity contribution in [3.63, 3.8) is 0 Å². The van der Waals surface area contributed by atoms with E-state index in [2.05, 4.69) is 57.6 Å². The van der Waals surface area contributed by atoms with Crippen LogP contribution in [0.5, 0.6) is 5.75 Å². The predicted molar refractivity (Wildman–Crippen MR) is 119 cm³/mol. The lowest BCUT2D eigenvalue weighted by Crippen LogP contribution is -2.32. The van der Waals surface area contributed by atoms with Crippen LogP contribution in [0.2, 0.25) is 5.02 Å². The molecule has 31 heavy (non-hydrogen) atoms. The molecule has 7 heteroatoms. The second kappa shape index (κ2) is 6.96. The molecule has 1 N–H and O–H groups in total. The van der Waals surface area contributed by atoms with E-state index in [9.17, 15) is 0 Å². The molecule has 152 valence electrons. The van der Waals surface area contributed by atoms with Gasteiger partial charge in [-0.15, -0.1) is 0 Å². The number of aromatic nitrogens is 4. The predicted octanol–water partition coefficient (Wildman–Crippen LogP) is 5.19. The summed E-state index contributed by atoms with van der Waals surface area (Å²) in [6.07, 6.45) is 4.89. The van der Waals surface area contributed by atoms with Crippen LogP contribution in [0.4, 0.5) is 5.95 Å². The summed E-state index contributed by atoms with van der Waals surface area (Å²) < 4.78 is 8.47. The molecule has 0 saturated carbocycles. The zero-order valence-electron chi connectivity index (χ0n) is 16.7. The second-order valence-electron chi connectivity index (χ2n) is 7.72. The minimum Gasteiger partial charge on any atom is -0.480 e. The molecule has 0 amide bonds. The van der Waals surface area contributed by atoms with Crippen LogP contribution >= 0.6 is 11.6 Å². The van der Waals surface area contributed by atoms with E-state index in [1.165, 1.54) is 5.56 Å². The van der Waals surface area contributed by atoms with E-state index in [0.717, 1.165) is 33.7 Å². The summed E-state index contributed by atoms with van der Waals surface area (Å²) in [6.45, 7) is 2.08. The van der Waals surface area contributed by atoms with Crippen LogP contribution < -0.4 is 10.1 Å². The van der Waals surface area contributed by atoms with E-state index in [4.69, 9.17) is 16.3 Å². The highest BCUT2D eigenvalue weighted by Gasteiger charge is 2.41. The van der Waals surface area contributed by atoms with Crippen molar-refractivity contribution >= 4 is 23.2 Å². The topological polar surface area (TPSA) is 64.9 Å². The molecular weight excluding hydrogens is 410 g/mol. The number of fused-ring (bicyclic) bond motifs is 3. The quantitative estimate of drug-likeness (QED) is 0.476. The van der Waals surface area contributed by atoms with Gasteiger partial charge in [0.1, 0.15) is 24.2 Å². The summed E-state index contributed by atoms with van der Waals surface area (Å²) >= 11 is 6.36. The first-order valence-corrected chi connectivity index (χ1v) is 10.4. The Morgan fingerprint density at radius 3 is 2.74 bits per heavy atom. The van der Waals surface area contributed by atoms with Gasteiger partial charge in [0.2, 0.25) is 5.95 Å². The highest BCUT2D eigenvalue weighted by molar-refractivity contribution is 6.30. The van der Waals surface area contributed by atoms with Crippen LogP contribution in [0, 0.1) is 6.92 Å². The van der Waals surface area contributed by atoms with Gasteiger partial charge in [-0.05, 0) is 42.3 Å². The molecule has 0 bridgehead atoms. The fourth-order valence-electron chi connectivity index (χ4n) is 4.32. The van der Waals surface area contributed by atoms with Gasteiger partial charge in [-0.2, -0.15) is 10.1 Å². The smallest absolute Gasteiger partial charge is 0.226 e. The van der Waals surface area contributed by atoms with Gasteiger partial charge in [0, 0.05) is 28.6 Å². The van der Waals surface area contributed by atoms with Crippen molar-refractivity contribution in [2.45, 2.75) is 19.1 Å². The maximum absolute atomic E-state index is 6.59. The third kappa shape index (κ3) is 2.91. The van der Waals surface area contributed by atoms with Crippen LogP contribution in [0.3, 0.4) is 0 Å². The number of anilines is 1. The highest BCUT2D eigenvalue weighted by atomic mass is 35.5. The minimum absolute atomic E-state index is 0.221. The second-order valence-corrected chi connectivity index (χ2v) is 8.16. The zero-order valence-corrected chi connectivity index (χ0v) is 17.4. The number of hydrogen-bond donors (Lipinski definition) is 1. The standard InChI is InChI=1S/C24H18ClN5O/c1-14-4-6-15(7-5-14)23-20-21(18-11-17(25)8-9-19(18)31-23)29-24-27-13-28-30(24)22(20)16-3-2-10-26-12-16/h2-13,22-23H,1H3,(H,27,28,29)/t22-,23+/m0/s1. The molecule has 0 aliphatic carbocycles. The van der Waals surface area contributed by atoms with E-state index in [-0.39, 0.29) is 12.1 Å². The molecular formula is C24H18ClN5O. The maximum Gasteiger partial charge on any atom is 0.226 e. The number of hydrogen-bond acceptors (Lipinski definition) is 5. The lowest BCUT2D eigenvalue weighted by atomic mass is 9.85. The minimum atomic E-state index is -0.306. The number of benzene rings is 2. The number of rotatable bonds is 2. The van der Waals surface area contributed by atoms with Gasteiger partial charge in [-0.1, -0.05) is 47.5 Å². The van der Waals surface area contributed by atoms with Crippen molar-refractivity contribution < 1.29 is 4.74 Å². The summed E-state index contributed by atoms with van der Waals surface area (Å²) in [4.78, 5) is 8.80. The first kappa shape index (κ1) is 18.2. The lowest BCUT2D eigenvalue weighted by molar-refractivity contribution is 0.223. The molecule has 0 unspecified atom stereocenters. The van der Waals surface area contributed by atoms with Crippen molar-refractivity contribution in [1.82, 2.24) is 19.7 Å². The molecule has 0 spiro atoms. The van der Waals surface area contributed by atoms with E-state index in [0.29, 0.717) is 11.0 Å². The van der Waals surface area contributed by atoms with Gasteiger partial charge in [-0.3, -0.25) is 4.98 Å². The lowest BCUT2D eigenvalue weighted by Gasteiger charge is -2.38. The molecule has 0 saturated heterocycles. The summed E-state index contributed by atoms with van der Waals surface area (Å²) in [5.41, 5.74) is 6.18. The Bertz CT molecular complexity index is 1310. The van der Waals surface area contributed by atoms with Crippen molar-refractivity contribution in [2.75, 3.05) is 5.32 Å². The Balaban J connectivity index is 1.64. The number of nitrogens with one attached hydrogen (secondary N) is 1. The van der Waals surface area contributed by atoms with E-state index >= 15 is 0 Å². The molecule has 2 aromatic carbocycles. The largest absolute Gasteiger partial charge is 0.480 e. The third-order valence-corrected chi connectivity index (χ3v) is 5.99. The molecule has 2 aliphatic rings. The Kier molecular flexibility index (Phi) is 4.07. The highest BCUT2D eigenvalue weighted by Crippen LogP contribution is 2.50. The Morgan fingerprint density at radius 1 is 1.06 bits per heavy atom. The number of pyridine rings is 1. The van der Waals surface area contributed by atoms with E-state index < -0.39 is 0 Å². The van der Waals surface area contributed by atoms with Crippen LogP contribution in [0.25, 0.3) is 5.70 Å². The molecule has 4 aromatic rings. The summed E-state index contributed by atoms with van der Waals surface area (Å²) in [5.74, 6) is 1.45. The average Bonchev–Trinajstić information content (AvgIpc) is 3.27. The number of ether oxygens (including phenoxy) is 1.